The largest absolute Gasteiger partial charge is 0.423 e. The van der Waals surface area contributed by atoms with E-state index in [2.05, 4.69) is 0 Å². The Bertz CT molecular complexity index is 1250. The molecule has 4 heteroatoms. The topological polar surface area (TPSA) is 52.6 Å². The second-order valence-corrected chi connectivity index (χ2v) is 8.05. The van der Waals surface area contributed by atoms with E-state index in [4.69, 9.17) is 9.47 Å². The van der Waals surface area contributed by atoms with Gasteiger partial charge in [0.15, 0.2) is 0 Å². The maximum absolute atomic E-state index is 12.5. The lowest BCUT2D eigenvalue weighted by Crippen LogP contribution is -2.09. The van der Waals surface area contributed by atoms with Gasteiger partial charge in [-0.3, -0.25) is 0 Å². The van der Waals surface area contributed by atoms with Gasteiger partial charge in [0.2, 0.25) is 0 Å². The lowest BCUT2D eigenvalue weighted by molar-refractivity contribution is 0.0725. The van der Waals surface area contributed by atoms with Crippen LogP contribution in [0.1, 0.15) is 43.0 Å². The Labute approximate surface area is 187 Å². The van der Waals surface area contributed by atoms with Gasteiger partial charge in [-0.1, -0.05) is 24.3 Å². The molecule has 0 aliphatic rings. The first-order valence-corrected chi connectivity index (χ1v) is 10.4. The molecule has 4 aromatic rings. The molecular formula is C28H24O4. The summed E-state index contributed by atoms with van der Waals surface area (Å²) in [6.07, 6.45) is 0. The van der Waals surface area contributed by atoms with E-state index in [1.54, 1.807) is 36.4 Å². The van der Waals surface area contributed by atoms with E-state index in [1.807, 2.05) is 64.1 Å². The van der Waals surface area contributed by atoms with Crippen molar-refractivity contribution < 1.29 is 19.1 Å². The fraction of sp³-hybridized carbons (Fsp3) is 0.143. The number of fused-ring (bicyclic) bond motifs is 1. The van der Waals surface area contributed by atoms with Gasteiger partial charge in [-0.25, -0.2) is 9.59 Å². The summed E-state index contributed by atoms with van der Waals surface area (Å²) in [6, 6.07) is 21.7. The molecule has 160 valence electrons. The molecule has 0 heterocycles. The summed E-state index contributed by atoms with van der Waals surface area (Å²) in [4.78, 5) is 25.0. The lowest BCUT2D eigenvalue weighted by Gasteiger charge is -2.09. The number of rotatable bonds is 4. The zero-order valence-electron chi connectivity index (χ0n) is 18.6. The molecule has 0 spiro atoms. The van der Waals surface area contributed by atoms with Crippen molar-refractivity contribution in [2.24, 2.45) is 0 Å². The number of hydrogen-bond donors (Lipinski definition) is 0. The number of carbonyl (C=O) groups excluding carboxylic acids is 2. The number of carbonyl (C=O) groups is 2. The summed E-state index contributed by atoms with van der Waals surface area (Å²) in [5, 5.41) is 1.75. The molecule has 0 radical (unpaired) electrons. The molecule has 0 bridgehead atoms. The summed E-state index contributed by atoms with van der Waals surface area (Å²) >= 11 is 0. The molecule has 0 aromatic heterocycles. The van der Waals surface area contributed by atoms with Crippen LogP contribution in [0, 0.1) is 27.7 Å². The van der Waals surface area contributed by atoms with Gasteiger partial charge in [0.05, 0.1) is 11.1 Å². The molecule has 4 aromatic carbocycles. The molecular weight excluding hydrogens is 400 g/mol. The van der Waals surface area contributed by atoms with Crippen molar-refractivity contribution in [2.75, 3.05) is 0 Å². The Morgan fingerprint density at radius 1 is 0.500 bits per heavy atom. The normalized spacial score (nSPS) is 10.8. The number of esters is 2. The quantitative estimate of drug-likeness (QED) is 0.277. The smallest absolute Gasteiger partial charge is 0.343 e. The van der Waals surface area contributed by atoms with Crippen LogP contribution in [0.15, 0.2) is 72.8 Å². The van der Waals surface area contributed by atoms with Crippen LogP contribution in [0.25, 0.3) is 10.8 Å². The SMILES string of the molecule is Cc1ccc(C(=O)Oc2ccc3cc(OC(=O)c4ccc(C)c(C)c4)ccc3c2)cc1C. The van der Waals surface area contributed by atoms with Crippen LogP contribution in [-0.4, -0.2) is 11.9 Å². The van der Waals surface area contributed by atoms with E-state index in [0.29, 0.717) is 22.6 Å². The first-order chi connectivity index (χ1) is 15.3. The second-order valence-electron chi connectivity index (χ2n) is 8.05. The van der Waals surface area contributed by atoms with E-state index < -0.39 is 11.9 Å². The van der Waals surface area contributed by atoms with Crippen LogP contribution in [0.3, 0.4) is 0 Å². The minimum atomic E-state index is -0.397. The number of hydrogen-bond acceptors (Lipinski definition) is 4. The highest BCUT2D eigenvalue weighted by Gasteiger charge is 2.12. The van der Waals surface area contributed by atoms with Gasteiger partial charge in [-0.2, -0.15) is 0 Å². The predicted octanol–water partition coefficient (Wildman–Crippen LogP) is 6.51. The summed E-state index contributed by atoms with van der Waals surface area (Å²) < 4.78 is 11.1. The Morgan fingerprint density at radius 3 is 1.28 bits per heavy atom. The summed E-state index contributed by atoms with van der Waals surface area (Å²) in [5.41, 5.74) is 5.37. The van der Waals surface area contributed by atoms with Crippen LogP contribution < -0.4 is 9.47 Å². The van der Waals surface area contributed by atoms with Gasteiger partial charge in [0.25, 0.3) is 0 Å². The third-order valence-corrected chi connectivity index (χ3v) is 5.69. The lowest BCUT2D eigenvalue weighted by atomic mass is 10.1. The van der Waals surface area contributed by atoms with E-state index in [-0.39, 0.29) is 0 Å². The molecule has 0 unspecified atom stereocenters. The van der Waals surface area contributed by atoms with Gasteiger partial charge < -0.3 is 9.47 Å². The van der Waals surface area contributed by atoms with Gasteiger partial charge >= 0.3 is 11.9 Å². The Balaban J connectivity index is 1.50. The summed E-state index contributed by atoms with van der Waals surface area (Å²) in [5.74, 6) is 0.124. The van der Waals surface area contributed by atoms with Crippen molar-refractivity contribution in [3.8, 4) is 11.5 Å². The highest BCUT2D eigenvalue weighted by molar-refractivity contribution is 5.94. The molecule has 0 aliphatic heterocycles. The van der Waals surface area contributed by atoms with Gasteiger partial charge in [-0.05, 0) is 109 Å². The molecule has 0 amide bonds. The van der Waals surface area contributed by atoms with Gasteiger partial charge in [0, 0.05) is 0 Å². The maximum Gasteiger partial charge on any atom is 0.343 e. The second kappa shape index (κ2) is 8.67. The van der Waals surface area contributed by atoms with E-state index in [9.17, 15) is 9.59 Å². The Morgan fingerprint density at radius 2 is 0.906 bits per heavy atom. The van der Waals surface area contributed by atoms with E-state index in [0.717, 1.165) is 33.0 Å². The summed E-state index contributed by atoms with van der Waals surface area (Å²) in [6.45, 7) is 7.93. The number of ether oxygens (including phenoxy) is 2. The van der Waals surface area contributed by atoms with Crippen molar-refractivity contribution in [3.05, 3.63) is 106 Å². The van der Waals surface area contributed by atoms with Crippen molar-refractivity contribution in [3.63, 3.8) is 0 Å². The van der Waals surface area contributed by atoms with Crippen LogP contribution in [0.5, 0.6) is 11.5 Å². The average Bonchev–Trinajstić information content (AvgIpc) is 2.77. The van der Waals surface area contributed by atoms with Crippen LogP contribution in [-0.2, 0) is 0 Å². The minimum Gasteiger partial charge on any atom is -0.423 e. The molecule has 0 aliphatic carbocycles. The number of aryl methyl sites for hydroxylation is 4. The fourth-order valence-electron chi connectivity index (χ4n) is 3.40. The van der Waals surface area contributed by atoms with Crippen LogP contribution in [0.4, 0.5) is 0 Å². The predicted molar refractivity (Wildman–Crippen MR) is 126 cm³/mol. The minimum absolute atomic E-state index is 0.397. The van der Waals surface area contributed by atoms with Crippen LogP contribution in [0.2, 0.25) is 0 Å². The molecule has 32 heavy (non-hydrogen) atoms. The molecule has 0 atom stereocenters. The first-order valence-electron chi connectivity index (χ1n) is 10.4. The highest BCUT2D eigenvalue weighted by Crippen LogP contribution is 2.26. The Kier molecular flexibility index (Phi) is 5.78. The molecule has 0 saturated heterocycles. The zero-order chi connectivity index (χ0) is 22.8. The van der Waals surface area contributed by atoms with Gasteiger partial charge in [-0.15, -0.1) is 0 Å². The zero-order valence-corrected chi connectivity index (χ0v) is 18.6. The van der Waals surface area contributed by atoms with Crippen LogP contribution >= 0.6 is 0 Å². The average molecular weight is 424 g/mol. The molecule has 0 saturated carbocycles. The fourth-order valence-corrected chi connectivity index (χ4v) is 3.40. The molecule has 4 rings (SSSR count). The molecule has 0 fully saturated rings. The van der Waals surface area contributed by atoms with Crippen molar-refractivity contribution >= 4 is 22.7 Å². The standard InChI is InChI=1S/C28H24O4/c1-17-5-7-23(13-19(17)3)27(29)31-25-11-9-22-16-26(12-10-21(22)15-25)32-28(30)24-8-6-18(2)20(4)14-24/h5-16H,1-4H3. The van der Waals surface area contributed by atoms with E-state index >= 15 is 0 Å². The monoisotopic (exact) mass is 424 g/mol. The van der Waals surface area contributed by atoms with Crippen molar-refractivity contribution in [1.82, 2.24) is 0 Å². The summed E-state index contributed by atoms with van der Waals surface area (Å²) in [7, 11) is 0. The van der Waals surface area contributed by atoms with E-state index in [1.165, 1.54) is 0 Å². The van der Waals surface area contributed by atoms with Gasteiger partial charge in [0.1, 0.15) is 11.5 Å². The Hall–Kier alpha value is -3.92. The third-order valence-electron chi connectivity index (χ3n) is 5.69. The highest BCUT2D eigenvalue weighted by atomic mass is 16.5. The number of benzene rings is 4. The molecule has 4 nitrogen and oxygen atoms in total. The van der Waals surface area contributed by atoms with Crippen molar-refractivity contribution in [1.29, 1.82) is 0 Å². The maximum atomic E-state index is 12.5. The molecule has 0 N–H and O–H groups in total. The first kappa shape index (κ1) is 21.3. The van der Waals surface area contributed by atoms with Crippen molar-refractivity contribution in [2.45, 2.75) is 27.7 Å². The third kappa shape index (κ3) is 4.54.